The molecular formula is C25H28ClN5O3. The number of piperazine rings is 1. The van der Waals surface area contributed by atoms with Crippen LogP contribution >= 0.6 is 11.6 Å². The van der Waals surface area contributed by atoms with E-state index in [2.05, 4.69) is 20.1 Å². The van der Waals surface area contributed by atoms with Crippen molar-refractivity contribution in [3.05, 3.63) is 69.6 Å². The van der Waals surface area contributed by atoms with Gasteiger partial charge < -0.3 is 19.5 Å². The van der Waals surface area contributed by atoms with E-state index in [1.54, 1.807) is 0 Å². The second kappa shape index (κ2) is 11.2. The third-order valence-electron chi connectivity index (χ3n) is 5.75. The Morgan fingerprint density at radius 2 is 1.85 bits per heavy atom. The van der Waals surface area contributed by atoms with Crippen molar-refractivity contribution in [2.75, 3.05) is 37.7 Å². The lowest BCUT2D eigenvalue weighted by molar-refractivity contribution is -0.131. The molecule has 3 aromatic rings. The Morgan fingerprint density at radius 3 is 2.53 bits per heavy atom. The molecule has 1 amide bonds. The zero-order valence-electron chi connectivity index (χ0n) is 19.2. The number of benzene rings is 2. The Morgan fingerprint density at radius 1 is 1.09 bits per heavy atom. The summed E-state index contributed by atoms with van der Waals surface area (Å²) < 4.78 is 5.57. The van der Waals surface area contributed by atoms with E-state index in [0.29, 0.717) is 30.5 Å². The third kappa shape index (κ3) is 5.94. The minimum absolute atomic E-state index is 0.0127. The highest BCUT2D eigenvalue weighted by Gasteiger charge is 2.22. The smallest absolute Gasteiger partial charge is 0.273 e. The van der Waals surface area contributed by atoms with Gasteiger partial charge in [-0.05, 0) is 48.9 Å². The summed E-state index contributed by atoms with van der Waals surface area (Å²) in [5.74, 6) is 1.17. The Bertz CT molecular complexity index is 1170. The molecule has 0 aliphatic carbocycles. The van der Waals surface area contributed by atoms with Gasteiger partial charge >= 0.3 is 0 Å². The number of aryl methyl sites for hydroxylation is 1. The molecule has 0 radical (unpaired) electrons. The number of nitrogens with one attached hydrogen (secondary N) is 1. The van der Waals surface area contributed by atoms with Crippen LogP contribution in [0.1, 0.15) is 25.5 Å². The molecule has 1 saturated heterocycles. The van der Waals surface area contributed by atoms with Crippen LogP contribution in [0.3, 0.4) is 0 Å². The van der Waals surface area contributed by atoms with Gasteiger partial charge in [0.15, 0.2) is 5.82 Å². The number of halogens is 1. The van der Waals surface area contributed by atoms with Gasteiger partial charge in [0, 0.05) is 55.3 Å². The van der Waals surface area contributed by atoms with Gasteiger partial charge in [0.2, 0.25) is 5.91 Å². The molecule has 0 bridgehead atoms. The minimum atomic E-state index is -0.324. The fraction of sp³-hybridized carbons (Fsp3) is 0.360. The summed E-state index contributed by atoms with van der Waals surface area (Å²) in [5, 5.41) is 8.94. The lowest BCUT2D eigenvalue weighted by atomic mass is 10.2. The summed E-state index contributed by atoms with van der Waals surface area (Å²) in [7, 11) is 0. The zero-order valence-corrected chi connectivity index (χ0v) is 19.9. The van der Waals surface area contributed by atoms with Crippen LogP contribution in [0, 0.1) is 0 Å². The number of aromatic amines is 1. The van der Waals surface area contributed by atoms with E-state index >= 15 is 0 Å². The van der Waals surface area contributed by atoms with Crippen LogP contribution in [-0.2, 0) is 11.2 Å². The first-order valence-corrected chi connectivity index (χ1v) is 11.9. The van der Waals surface area contributed by atoms with Crippen molar-refractivity contribution >= 4 is 23.2 Å². The summed E-state index contributed by atoms with van der Waals surface area (Å²) in [6.07, 6.45) is 1.40. The van der Waals surface area contributed by atoms with Crippen molar-refractivity contribution in [1.82, 2.24) is 20.1 Å². The highest BCUT2D eigenvalue weighted by molar-refractivity contribution is 6.30. The average molecular weight is 482 g/mol. The van der Waals surface area contributed by atoms with Gasteiger partial charge in [0.05, 0.1) is 6.61 Å². The number of hydrogen-bond donors (Lipinski definition) is 1. The molecule has 0 unspecified atom stereocenters. The van der Waals surface area contributed by atoms with E-state index in [-0.39, 0.29) is 30.0 Å². The highest BCUT2D eigenvalue weighted by atomic mass is 35.5. The number of aromatic nitrogens is 3. The molecule has 178 valence electrons. The summed E-state index contributed by atoms with van der Waals surface area (Å²) in [6.45, 7) is 5.44. The molecule has 9 heteroatoms. The molecule has 1 aliphatic rings. The summed E-state index contributed by atoms with van der Waals surface area (Å²) >= 11 is 6.09. The van der Waals surface area contributed by atoms with Crippen molar-refractivity contribution in [3.63, 3.8) is 0 Å². The van der Waals surface area contributed by atoms with Crippen molar-refractivity contribution in [2.24, 2.45) is 0 Å². The number of carbonyl (C=O) groups is 1. The van der Waals surface area contributed by atoms with E-state index < -0.39 is 0 Å². The maximum atomic E-state index is 12.7. The lowest BCUT2D eigenvalue weighted by Crippen LogP contribution is -2.48. The van der Waals surface area contributed by atoms with Crippen molar-refractivity contribution in [1.29, 1.82) is 0 Å². The van der Waals surface area contributed by atoms with Crippen molar-refractivity contribution < 1.29 is 9.53 Å². The van der Waals surface area contributed by atoms with Gasteiger partial charge in [-0.3, -0.25) is 9.59 Å². The van der Waals surface area contributed by atoms with Gasteiger partial charge in [-0.2, -0.15) is 0 Å². The third-order valence-corrected chi connectivity index (χ3v) is 5.98. The number of rotatable bonds is 8. The molecule has 0 atom stereocenters. The van der Waals surface area contributed by atoms with Gasteiger partial charge in [-0.25, -0.2) is 0 Å². The second-order valence-electron chi connectivity index (χ2n) is 8.17. The predicted octanol–water partition coefficient (Wildman–Crippen LogP) is 3.56. The Hall–Kier alpha value is -3.39. The maximum absolute atomic E-state index is 12.7. The minimum Gasteiger partial charge on any atom is -0.494 e. The Labute approximate surface area is 203 Å². The van der Waals surface area contributed by atoms with E-state index in [0.717, 1.165) is 36.5 Å². The van der Waals surface area contributed by atoms with E-state index in [1.165, 1.54) is 0 Å². The molecule has 1 aliphatic heterocycles. The molecule has 0 saturated carbocycles. The summed E-state index contributed by atoms with van der Waals surface area (Å²) in [5.41, 5.74) is 1.74. The predicted molar refractivity (Wildman–Crippen MR) is 132 cm³/mol. The molecule has 2 heterocycles. The van der Waals surface area contributed by atoms with E-state index in [9.17, 15) is 9.59 Å². The van der Waals surface area contributed by atoms with Gasteiger partial charge in [-0.1, -0.05) is 24.6 Å². The molecule has 4 rings (SSSR count). The largest absolute Gasteiger partial charge is 0.494 e. The van der Waals surface area contributed by atoms with E-state index in [1.807, 2.05) is 60.4 Å². The normalized spacial score (nSPS) is 13.7. The number of carbonyl (C=O) groups excluding carboxylic acids is 1. The number of nitrogens with zero attached hydrogens (tertiary/aromatic N) is 4. The van der Waals surface area contributed by atoms with Crippen LogP contribution in [-0.4, -0.2) is 58.8 Å². The maximum Gasteiger partial charge on any atom is 0.273 e. The highest BCUT2D eigenvalue weighted by Crippen LogP contribution is 2.21. The molecule has 2 aromatic carbocycles. The summed E-state index contributed by atoms with van der Waals surface area (Å²) in [4.78, 5) is 32.0. The van der Waals surface area contributed by atoms with Gasteiger partial charge in [0.1, 0.15) is 11.4 Å². The van der Waals surface area contributed by atoms with Crippen LogP contribution in [0.2, 0.25) is 5.02 Å². The van der Waals surface area contributed by atoms with Crippen molar-refractivity contribution in [2.45, 2.75) is 26.2 Å². The molecule has 34 heavy (non-hydrogen) atoms. The lowest BCUT2D eigenvalue weighted by Gasteiger charge is -2.36. The van der Waals surface area contributed by atoms with Gasteiger partial charge in [-0.15, -0.1) is 10.2 Å². The van der Waals surface area contributed by atoms with Gasteiger partial charge in [0.25, 0.3) is 5.56 Å². The average Bonchev–Trinajstić information content (AvgIpc) is 2.87. The van der Waals surface area contributed by atoms with Crippen LogP contribution in [0.15, 0.2) is 53.3 Å². The quantitative estimate of drug-likeness (QED) is 0.529. The SMILES string of the molecule is CCCOc1ccc(-c2nnc(CCC(=O)N3CCN(c4cccc(Cl)c4)CC3)c(=O)[nH]2)cc1. The first kappa shape index (κ1) is 23.8. The standard InChI is InChI=1S/C25H28ClN5O3/c1-2-16-34-21-8-6-18(7-9-21)24-27-25(33)22(28-29-24)10-11-23(32)31-14-12-30(13-15-31)20-5-3-4-19(26)17-20/h3-9,17H,2,10-16H2,1H3,(H,27,29,33). The number of amides is 1. The first-order valence-electron chi connectivity index (χ1n) is 11.5. The monoisotopic (exact) mass is 481 g/mol. The number of ether oxygens (including phenoxy) is 1. The fourth-order valence-corrected chi connectivity index (χ4v) is 4.04. The van der Waals surface area contributed by atoms with E-state index in [4.69, 9.17) is 16.3 Å². The number of H-pyrrole nitrogens is 1. The summed E-state index contributed by atoms with van der Waals surface area (Å²) in [6, 6.07) is 15.1. The fourth-order valence-electron chi connectivity index (χ4n) is 3.85. The zero-order chi connectivity index (χ0) is 23.9. The van der Waals surface area contributed by atoms with Crippen molar-refractivity contribution in [3.8, 4) is 17.1 Å². The molecule has 1 fully saturated rings. The molecule has 1 aromatic heterocycles. The molecule has 0 spiro atoms. The first-order chi connectivity index (χ1) is 16.5. The van der Waals surface area contributed by atoms with Crippen LogP contribution < -0.4 is 15.2 Å². The second-order valence-corrected chi connectivity index (χ2v) is 8.61. The van der Waals surface area contributed by atoms with Crippen LogP contribution in [0.5, 0.6) is 5.75 Å². The van der Waals surface area contributed by atoms with Crippen LogP contribution in [0.4, 0.5) is 5.69 Å². The molecular weight excluding hydrogens is 454 g/mol. The topological polar surface area (TPSA) is 91.4 Å². The Kier molecular flexibility index (Phi) is 7.80. The number of hydrogen-bond acceptors (Lipinski definition) is 6. The Balaban J connectivity index is 1.30. The molecule has 1 N–H and O–H groups in total. The molecule has 8 nitrogen and oxygen atoms in total. The number of anilines is 1. The van der Waals surface area contributed by atoms with Crippen LogP contribution in [0.25, 0.3) is 11.4 Å².